The Morgan fingerprint density at radius 3 is 2.28 bits per heavy atom. The van der Waals surface area contributed by atoms with Gasteiger partial charge in [0.05, 0.1) is 17.5 Å². The first-order valence-electron chi connectivity index (χ1n) is 9.07. The normalized spacial score (nSPS) is 31.4. The molecule has 0 radical (unpaired) electrons. The molecule has 1 aliphatic heterocycles. The van der Waals surface area contributed by atoms with E-state index in [1.165, 1.54) is 6.07 Å². The van der Waals surface area contributed by atoms with Gasteiger partial charge in [0.15, 0.2) is 0 Å². The molecule has 2 bridgehead atoms. The van der Waals surface area contributed by atoms with Crippen LogP contribution in [0.3, 0.4) is 0 Å². The smallest absolute Gasteiger partial charge is 0.307 e. The first kappa shape index (κ1) is 16.4. The lowest BCUT2D eigenvalue weighted by Crippen LogP contribution is -2.52. The molecule has 1 aromatic carbocycles. The van der Waals surface area contributed by atoms with Crippen LogP contribution in [0.4, 0.5) is 10.1 Å². The third-order valence-corrected chi connectivity index (χ3v) is 6.27. The number of para-hydroxylation sites is 1. The van der Waals surface area contributed by atoms with Gasteiger partial charge in [0.2, 0.25) is 5.91 Å². The zero-order chi connectivity index (χ0) is 17.6. The summed E-state index contributed by atoms with van der Waals surface area (Å²) in [5.74, 6) is -1.57. The van der Waals surface area contributed by atoms with Crippen molar-refractivity contribution >= 4 is 17.6 Å². The lowest BCUT2D eigenvalue weighted by atomic mass is 9.78. The van der Waals surface area contributed by atoms with Gasteiger partial charge in [-0.15, -0.1) is 0 Å². The molecule has 0 aromatic heterocycles. The molecule has 3 fully saturated rings. The molecule has 4 atom stereocenters. The minimum absolute atomic E-state index is 0.00668. The van der Waals surface area contributed by atoms with Gasteiger partial charge in [-0.1, -0.05) is 12.1 Å². The molecular weight excluding hydrogens is 323 g/mol. The highest BCUT2D eigenvalue weighted by molar-refractivity contribution is 5.86. The van der Waals surface area contributed by atoms with Crippen molar-refractivity contribution in [1.29, 1.82) is 0 Å². The molecular formula is C19H23FN2O3. The Kier molecular flexibility index (Phi) is 4.13. The fraction of sp³-hybridized carbons (Fsp3) is 0.579. The monoisotopic (exact) mass is 346 g/mol. The highest BCUT2D eigenvalue weighted by Crippen LogP contribution is 2.53. The van der Waals surface area contributed by atoms with Crippen LogP contribution in [0.2, 0.25) is 0 Å². The number of hydrogen-bond acceptors (Lipinski definition) is 3. The van der Waals surface area contributed by atoms with Crippen molar-refractivity contribution in [3.05, 3.63) is 30.1 Å². The van der Waals surface area contributed by atoms with Crippen molar-refractivity contribution in [2.45, 2.75) is 19.3 Å². The minimum atomic E-state index is -0.824. The van der Waals surface area contributed by atoms with Crippen LogP contribution < -0.4 is 4.90 Å². The number of halogens is 1. The topological polar surface area (TPSA) is 60.9 Å². The van der Waals surface area contributed by atoms with Crippen LogP contribution in [0.1, 0.15) is 19.3 Å². The van der Waals surface area contributed by atoms with Crippen molar-refractivity contribution < 1.29 is 19.1 Å². The van der Waals surface area contributed by atoms with Crippen molar-refractivity contribution in [2.24, 2.45) is 23.7 Å². The Bertz CT molecular complexity index is 687. The number of aliphatic carboxylic acids is 1. The van der Waals surface area contributed by atoms with Crippen molar-refractivity contribution in [3.63, 3.8) is 0 Å². The number of benzene rings is 1. The minimum Gasteiger partial charge on any atom is -0.481 e. The van der Waals surface area contributed by atoms with E-state index in [1.807, 2.05) is 11.0 Å². The van der Waals surface area contributed by atoms with Gasteiger partial charge in [-0.25, -0.2) is 4.39 Å². The Balaban J connectivity index is 1.43. The van der Waals surface area contributed by atoms with Crippen LogP contribution in [0, 0.1) is 29.5 Å². The summed E-state index contributed by atoms with van der Waals surface area (Å²) in [6, 6.07) is 6.67. The zero-order valence-electron chi connectivity index (χ0n) is 14.1. The Hall–Kier alpha value is -2.11. The summed E-state index contributed by atoms with van der Waals surface area (Å²) in [5, 5.41) is 9.55. The third kappa shape index (κ3) is 2.77. The summed E-state index contributed by atoms with van der Waals surface area (Å²) in [6.07, 6.45) is 2.79. The van der Waals surface area contributed by atoms with Crippen molar-refractivity contribution in [3.8, 4) is 0 Å². The summed E-state index contributed by atoms with van der Waals surface area (Å²) in [6.45, 7) is 2.19. The predicted molar refractivity (Wildman–Crippen MR) is 90.6 cm³/mol. The van der Waals surface area contributed by atoms with Crippen LogP contribution in [-0.2, 0) is 9.59 Å². The van der Waals surface area contributed by atoms with Gasteiger partial charge in [0.25, 0.3) is 0 Å². The molecule has 2 aliphatic carbocycles. The number of rotatable bonds is 3. The second-order valence-electron chi connectivity index (χ2n) is 7.49. The lowest BCUT2D eigenvalue weighted by molar-refractivity contribution is -0.153. The van der Waals surface area contributed by atoms with Crippen molar-refractivity contribution in [2.75, 3.05) is 31.1 Å². The molecule has 25 heavy (non-hydrogen) atoms. The fourth-order valence-corrected chi connectivity index (χ4v) is 5.09. The second-order valence-corrected chi connectivity index (χ2v) is 7.49. The predicted octanol–water partition coefficient (Wildman–Crippen LogP) is 2.22. The molecule has 1 aromatic rings. The number of carbonyl (C=O) groups excluding carboxylic acids is 1. The number of anilines is 1. The number of piperazine rings is 1. The first-order valence-corrected chi connectivity index (χ1v) is 9.07. The third-order valence-electron chi connectivity index (χ3n) is 6.27. The molecule has 3 aliphatic rings. The number of amides is 1. The number of nitrogens with zero attached hydrogens (tertiary/aromatic N) is 2. The van der Waals surface area contributed by atoms with Gasteiger partial charge in [-0.2, -0.15) is 0 Å². The van der Waals surface area contributed by atoms with Crippen molar-refractivity contribution in [1.82, 2.24) is 4.90 Å². The SMILES string of the molecule is O=C(O)[C@@H]1[C@@H]2CC[C@@H](C2)[C@@H]1C(=O)N1CCN(c2ccccc2F)CC1. The molecule has 134 valence electrons. The Morgan fingerprint density at radius 1 is 1.00 bits per heavy atom. The maximum Gasteiger partial charge on any atom is 0.307 e. The zero-order valence-corrected chi connectivity index (χ0v) is 14.1. The highest BCUT2D eigenvalue weighted by atomic mass is 19.1. The van der Waals surface area contributed by atoms with E-state index in [-0.39, 0.29) is 29.5 Å². The molecule has 5 nitrogen and oxygen atoms in total. The number of fused-ring (bicyclic) bond motifs is 2. The van der Waals surface area contributed by atoms with Crippen LogP contribution in [0.5, 0.6) is 0 Å². The molecule has 4 rings (SSSR count). The number of carboxylic acid groups (broad SMARTS) is 1. The van der Waals surface area contributed by atoms with E-state index in [4.69, 9.17) is 0 Å². The average Bonchev–Trinajstić information content (AvgIpc) is 3.23. The van der Waals surface area contributed by atoms with Gasteiger partial charge in [0, 0.05) is 26.2 Å². The van der Waals surface area contributed by atoms with Crippen LogP contribution in [-0.4, -0.2) is 48.1 Å². The van der Waals surface area contributed by atoms with E-state index < -0.39 is 11.9 Å². The first-order chi connectivity index (χ1) is 12.1. The molecule has 0 spiro atoms. The van der Waals surface area contributed by atoms with E-state index in [1.54, 1.807) is 17.0 Å². The molecule has 1 heterocycles. The number of carboxylic acids is 1. The van der Waals surface area contributed by atoms with Gasteiger partial charge < -0.3 is 14.9 Å². The van der Waals surface area contributed by atoms with Gasteiger partial charge in [0.1, 0.15) is 5.82 Å². The summed E-state index contributed by atoms with van der Waals surface area (Å²) in [5.41, 5.74) is 0.568. The van der Waals surface area contributed by atoms with Gasteiger partial charge in [-0.3, -0.25) is 9.59 Å². The van der Waals surface area contributed by atoms with E-state index in [0.29, 0.717) is 31.9 Å². The fourth-order valence-electron chi connectivity index (χ4n) is 5.09. The summed E-state index contributed by atoms with van der Waals surface area (Å²) in [4.78, 5) is 28.4. The molecule has 1 saturated heterocycles. The highest BCUT2D eigenvalue weighted by Gasteiger charge is 2.54. The lowest BCUT2D eigenvalue weighted by Gasteiger charge is -2.39. The maximum atomic E-state index is 13.9. The quantitative estimate of drug-likeness (QED) is 0.912. The van der Waals surface area contributed by atoms with E-state index in [9.17, 15) is 19.1 Å². The van der Waals surface area contributed by atoms with Crippen LogP contribution >= 0.6 is 0 Å². The summed E-state index contributed by atoms with van der Waals surface area (Å²) >= 11 is 0. The van der Waals surface area contributed by atoms with Crippen LogP contribution in [0.15, 0.2) is 24.3 Å². The summed E-state index contributed by atoms with van der Waals surface area (Å²) in [7, 11) is 0. The van der Waals surface area contributed by atoms with Crippen LogP contribution in [0.25, 0.3) is 0 Å². The largest absolute Gasteiger partial charge is 0.481 e. The average molecular weight is 346 g/mol. The number of hydrogen-bond donors (Lipinski definition) is 1. The standard InChI is InChI=1S/C19H23FN2O3/c20-14-3-1-2-4-15(14)21-7-9-22(10-8-21)18(23)16-12-5-6-13(11-12)17(16)19(24)25/h1-4,12-13,16-17H,5-11H2,(H,24,25)/t12-,13+,16-,17+/m0/s1. The number of carbonyl (C=O) groups is 2. The maximum absolute atomic E-state index is 13.9. The van der Waals surface area contributed by atoms with E-state index in [2.05, 4.69) is 0 Å². The molecule has 0 unspecified atom stereocenters. The Morgan fingerprint density at radius 2 is 1.64 bits per heavy atom. The summed E-state index contributed by atoms with van der Waals surface area (Å²) < 4.78 is 13.9. The molecule has 1 N–H and O–H groups in total. The van der Waals surface area contributed by atoms with E-state index >= 15 is 0 Å². The molecule has 1 amide bonds. The van der Waals surface area contributed by atoms with E-state index in [0.717, 1.165) is 19.3 Å². The van der Waals surface area contributed by atoms with Gasteiger partial charge >= 0.3 is 5.97 Å². The second kappa shape index (κ2) is 6.32. The molecule has 6 heteroatoms. The molecule has 2 saturated carbocycles. The van der Waals surface area contributed by atoms with Gasteiger partial charge in [-0.05, 0) is 43.2 Å². The Labute approximate surface area is 146 Å².